The van der Waals surface area contributed by atoms with E-state index in [1.165, 1.54) is 0 Å². The fourth-order valence-electron chi connectivity index (χ4n) is 1.70. The summed E-state index contributed by atoms with van der Waals surface area (Å²) in [7, 11) is -4.03. The predicted molar refractivity (Wildman–Crippen MR) is 78.5 cm³/mol. The molecule has 6 nitrogen and oxygen atoms in total. The van der Waals surface area contributed by atoms with Gasteiger partial charge in [-0.25, -0.2) is 13.1 Å². The minimum atomic E-state index is -4.03. The van der Waals surface area contributed by atoms with Gasteiger partial charge in [0.2, 0.25) is 15.8 Å². The molecule has 0 fully saturated rings. The van der Waals surface area contributed by atoms with Gasteiger partial charge < -0.3 is 0 Å². The van der Waals surface area contributed by atoms with Crippen LogP contribution in [-0.2, 0) is 16.6 Å². The Kier molecular flexibility index (Phi) is 4.74. The zero-order valence-electron chi connectivity index (χ0n) is 11.0. The molecule has 2 aromatic rings. The van der Waals surface area contributed by atoms with Crippen molar-refractivity contribution in [3.63, 3.8) is 0 Å². The molecule has 0 amide bonds. The van der Waals surface area contributed by atoms with E-state index in [2.05, 4.69) is 4.72 Å². The zero-order valence-corrected chi connectivity index (χ0v) is 12.6. The molecule has 116 valence electrons. The lowest BCUT2D eigenvalue weighted by Crippen LogP contribution is -2.23. The number of sulfonamides is 1. The molecule has 0 radical (unpaired) electrons. The van der Waals surface area contributed by atoms with Gasteiger partial charge in [-0.1, -0.05) is 29.8 Å². The average Bonchev–Trinajstić information content (AvgIpc) is 2.46. The summed E-state index contributed by atoms with van der Waals surface area (Å²) in [6.45, 7) is -0.0901. The van der Waals surface area contributed by atoms with E-state index in [1.54, 1.807) is 24.3 Å². The van der Waals surface area contributed by atoms with Crippen LogP contribution < -0.4 is 4.72 Å². The molecule has 0 bridgehead atoms. The highest BCUT2D eigenvalue weighted by molar-refractivity contribution is 7.89. The molecule has 0 atom stereocenters. The highest BCUT2D eigenvalue weighted by Gasteiger charge is 2.21. The van der Waals surface area contributed by atoms with Crippen LogP contribution in [-0.4, -0.2) is 13.3 Å². The maximum absolute atomic E-state index is 13.2. The van der Waals surface area contributed by atoms with E-state index in [0.717, 1.165) is 12.1 Å². The van der Waals surface area contributed by atoms with Crippen LogP contribution in [0.4, 0.5) is 10.1 Å². The van der Waals surface area contributed by atoms with Crippen molar-refractivity contribution in [1.29, 1.82) is 0 Å². The minimum Gasteiger partial charge on any atom is -0.258 e. The predicted octanol–water partition coefficient (Wildman–Crippen LogP) is 2.87. The van der Waals surface area contributed by atoms with Crippen LogP contribution in [0, 0.1) is 15.9 Å². The molecule has 0 heterocycles. The molecule has 0 unspecified atom stereocenters. The lowest BCUT2D eigenvalue weighted by atomic mass is 10.2. The lowest BCUT2D eigenvalue weighted by molar-refractivity contribution is -0.387. The molecular weight excluding hydrogens is 335 g/mol. The third kappa shape index (κ3) is 3.59. The van der Waals surface area contributed by atoms with E-state index in [1.807, 2.05) is 0 Å². The van der Waals surface area contributed by atoms with Crippen molar-refractivity contribution in [3.05, 3.63) is 69.0 Å². The summed E-state index contributed by atoms with van der Waals surface area (Å²) in [6, 6.07) is 9.00. The Bertz CT molecular complexity index is 827. The van der Waals surface area contributed by atoms with Gasteiger partial charge in [0.25, 0.3) is 0 Å². The van der Waals surface area contributed by atoms with Crippen LogP contribution in [0.2, 0.25) is 5.02 Å². The van der Waals surface area contributed by atoms with Crippen LogP contribution >= 0.6 is 11.6 Å². The Labute approximate surface area is 130 Å². The second kappa shape index (κ2) is 6.39. The number of rotatable bonds is 5. The van der Waals surface area contributed by atoms with Crippen molar-refractivity contribution in [2.75, 3.05) is 0 Å². The summed E-state index contributed by atoms with van der Waals surface area (Å²) < 4.78 is 39.7. The topological polar surface area (TPSA) is 89.3 Å². The molecule has 22 heavy (non-hydrogen) atoms. The number of hydrogen-bond donors (Lipinski definition) is 1. The van der Waals surface area contributed by atoms with Crippen LogP contribution in [0.25, 0.3) is 0 Å². The van der Waals surface area contributed by atoms with E-state index >= 15 is 0 Å². The maximum atomic E-state index is 13.2. The minimum absolute atomic E-state index is 0.0901. The van der Waals surface area contributed by atoms with Crippen molar-refractivity contribution in [1.82, 2.24) is 4.72 Å². The second-order valence-corrected chi connectivity index (χ2v) is 6.46. The molecule has 0 aliphatic rings. The standard InChI is InChI=1S/C13H10ClFN2O4S/c14-11-4-2-1-3-9(11)8-16-22(20,21)10-5-6-12(15)13(7-10)17(18)19/h1-7,16H,8H2. The molecule has 2 rings (SSSR count). The molecule has 2 aromatic carbocycles. The Hall–Kier alpha value is -2.03. The highest BCUT2D eigenvalue weighted by Crippen LogP contribution is 2.22. The molecule has 0 aliphatic carbocycles. The smallest absolute Gasteiger partial charge is 0.258 e. The Morgan fingerprint density at radius 1 is 1.23 bits per heavy atom. The summed E-state index contributed by atoms with van der Waals surface area (Å²) >= 11 is 5.91. The first kappa shape index (κ1) is 16.3. The molecule has 0 aromatic heterocycles. The monoisotopic (exact) mass is 344 g/mol. The molecule has 1 N–H and O–H groups in total. The number of nitrogens with one attached hydrogen (secondary N) is 1. The fraction of sp³-hybridized carbons (Fsp3) is 0.0769. The summed E-state index contributed by atoms with van der Waals surface area (Å²) in [5.41, 5.74) is -0.357. The molecular formula is C13H10ClFN2O4S. The van der Waals surface area contributed by atoms with Crippen LogP contribution in [0.15, 0.2) is 47.4 Å². The van der Waals surface area contributed by atoms with Gasteiger partial charge in [0.15, 0.2) is 0 Å². The van der Waals surface area contributed by atoms with E-state index in [9.17, 15) is 22.9 Å². The zero-order chi connectivity index (χ0) is 16.3. The quantitative estimate of drug-likeness (QED) is 0.667. The number of halogens is 2. The van der Waals surface area contributed by atoms with Gasteiger partial charge in [-0.05, 0) is 23.8 Å². The third-order valence-electron chi connectivity index (χ3n) is 2.84. The number of benzene rings is 2. The molecule has 0 saturated carbocycles. The Morgan fingerprint density at radius 2 is 1.91 bits per heavy atom. The SMILES string of the molecule is O=[N+]([O-])c1cc(S(=O)(=O)NCc2ccccc2Cl)ccc1F. The van der Waals surface area contributed by atoms with Crippen molar-refractivity contribution in [2.24, 2.45) is 0 Å². The summed E-state index contributed by atoms with van der Waals surface area (Å²) in [6.07, 6.45) is 0. The first-order chi connectivity index (χ1) is 10.3. The highest BCUT2D eigenvalue weighted by atomic mass is 35.5. The summed E-state index contributed by atoms with van der Waals surface area (Å²) in [5.74, 6) is -1.10. The van der Waals surface area contributed by atoms with Crippen LogP contribution in [0.3, 0.4) is 0 Å². The molecule has 0 spiro atoms. The van der Waals surface area contributed by atoms with E-state index in [-0.39, 0.29) is 6.54 Å². The van der Waals surface area contributed by atoms with E-state index < -0.39 is 31.3 Å². The first-order valence-corrected chi connectivity index (χ1v) is 7.84. The van der Waals surface area contributed by atoms with Gasteiger partial charge in [0.1, 0.15) is 0 Å². The van der Waals surface area contributed by atoms with Crippen molar-refractivity contribution in [2.45, 2.75) is 11.4 Å². The normalized spacial score (nSPS) is 11.4. The van der Waals surface area contributed by atoms with E-state index in [4.69, 9.17) is 11.6 Å². The summed E-state index contributed by atoms with van der Waals surface area (Å²) in [5, 5.41) is 11.0. The van der Waals surface area contributed by atoms with Gasteiger partial charge in [0.05, 0.1) is 9.82 Å². The average molecular weight is 345 g/mol. The number of nitro benzene ring substituents is 1. The second-order valence-electron chi connectivity index (χ2n) is 4.29. The molecule has 9 heteroatoms. The fourth-order valence-corrected chi connectivity index (χ4v) is 2.93. The largest absolute Gasteiger partial charge is 0.306 e. The van der Waals surface area contributed by atoms with Crippen molar-refractivity contribution >= 4 is 27.3 Å². The Morgan fingerprint density at radius 3 is 2.55 bits per heavy atom. The van der Waals surface area contributed by atoms with Gasteiger partial charge in [-0.2, -0.15) is 4.39 Å². The lowest BCUT2D eigenvalue weighted by Gasteiger charge is -2.08. The number of nitrogens with zero attached hydrogens (tertiary/aromatic N) is 1. The molecule has 0 aliphatic heterocycles. The van der Waals surface area contributed by atoms with Gasteiger partial charge >= 0.3 is 5.69 Å². The van der Waals surface area contributed by atoms with Crippen LogP contribution in [0.5, 0.6) is 0 Å². The third-order valence-corrected chi connectivity index (χ3v) is 4.60. The molecule has 0 saturated heterocycles. The maximum Gasteiger partial charge on any atom is 0.306 e. The Balaban J connectivity index is 2.26. The number of nitro groups is 1. The van der Waals surface area contributed by atoms with Crippen LogP contribution in [0.1, 0.15) is 5.56 Å². The van der Waals surface area contributed by atoms with Crippen molar-refractivity contribution < 1.29 is 17.7 Å². The van der Waals surface area contributed by atoms with E-state index in [0.29, 0.717) is 16.7 Å². The number of hydrogen-bond acceptors (Lipinski definition) is 4. The van der Waals surface area contributed by atoms with Gasteiger partial charge in [0, 0.05) is 17.6 Å². The first-order valence-electron chi connectivity index (χ1n) is 5.98. The van der Waals surface area contributed by atoms with Gasteiger partial charge in [-0.3, -0.25) is 10.1 Å². The van der Waals surface area contributed by atoms with Crippen molar-refractivity contribution in [3.8, 4) is 0 Å². The van der Waals surface area contributed by atoms with Gasteiger partial charge in [-0.15, -0.1) is 0 Å². The summed E-state index contributed by atoms with van der Waals surface area (Å²) in [4.78, 5) is 9.28.